The van der Waals surface area contributed by atoms with Gasteiger partial charge in [0.15, 0.2) is 0 Å². The van der Waals surface area contributed by atoms with Crippen molar-refractivity contribution in [3.63, 3.8) is 0 Å². The van der Waals surface area contributed by atoms with Crippen LogP contribution in [-0.2, 0) is 11.3 Å². The van der Waals surface area contributed by atoms with Crippen LogP contribution < -0.4 is 4.74 Å². The maximum Gasteiger partial charge on any atom is 0.514 e. The molecule has 0 fully saturated rings. The molecule has 6 nitrogen and oxygen atoms in total. The molecule has 0 saturated carbocycles. The van der Waals surface area contributed by atoms with Crippen LogP contribution in [-0.4, -0.2) is 11.1 Å². The van der Waals surface area contributed by atoms with E-state index in [9.17, 15) is 14.9 Å². The van der Waals surface area contributed by atoms with Gasteiger partial charge in [-0.05, 0) is 34.5 Å². The summed E-state index contributed by atoms with van der Waals surface area (Å²) < 4.78 is 10.0. The van der Waals surface area contributed by atoms with Crippen molar-refractivity contribution < 1.29 is 19.2 Å². The molecule has 3 rings (SSSR count). The number of benzene rings is 3. The van der Waals surface area contributed by atoms with Gasteiger partial charge in [0.25, 0.3) is 5.69 Å². The molecule has 0 spiro atoms. The van der Waals surface area contributed by atoms with Crippen molar-refractivity contribution in [2.24, 2.45) is 0 Å². The number of hydrogen-bond donors (Lipinski definition) is 0. The molecule has 6 heteroatoms. The largest absolute Gasteiger partial charge is 0.514 e. The monoisotopic (exact) mass is 323 g/mol. The van der Waals surface area contributed by atoms with Crippen molar-refractivity contribution in [2.75, 3.05) is 0 Å². The molecule has 0 N–H and O–H groups in total. The van der Waals surface area contributed by atoms with Crippen LogP contribution in [0.25, 0.3) is 10.8 Å². The van der Waals surface area contributed by atoms with Gasteiger partial charge in [0.05, 0.1) is 4.92 Å². The second-order valence-corrected chi connectivity index (χ2v) is 5.07. The number of rotatable bonds is 4. The van der Waals surface area contributed by atoms with Gasteiger partial charge in [-0.25, -0.2) is 4.79 Å². The minimum atomic E-state index is -0.864. The van der Waals surface area contributed by atoms with Crippen LogP contribution >= 0.6 is 0 Å². The lowest BCUT2D eigenvalue weighted by Crippen LogP contribution is -2.10. The molecule has 0 aliphatic heterocycles. The molecule has 0 atom stereocenters. The molecule has 0 amide bonds. The Morgan fingerprint density at radius 3 is 2.38 bits per heavy atom. The third-order valence-corrected chi connectivity index (χ3v) is 3.42. The summed E-state index contributed by atoms with van der Waals surface area (Å²) in [6.45, 7) is 0.0800. The summed E-state index contributed by atoms with van der Waals surface area (Å²) in [6.07, 6.45) is -0.864. The highest BCUT2D eigenvalue weighted by Gasteiger charge is 2.09. The maximum atomic E-state index is 11.7. The van der Waals surface area contributed by atoms with Gasteiger partial charge in [-0.15, -0.1) is 0 Å². The van der Waals surface area contributed by atoms with Crippen molar-refractivity contribution in [3.8, 4) is 5.75 Å². The molecule has 0 aromatic heterocycles. The summed E-state index contributed by atoms with van der Waals surface area (Å²) in [6, 6.07) is 18.8. The predicted molar refractivity (Wildman–Crippen MR) is 87.9 cm³/mol. The number of non-ortho nitro benzene ring substituents is 1. The van der Waals surface area contributed by atoms with Crippen molar-refractivity contribution in [1.82, 2.24) is 0 Å². The lowest BCUT2D eigenvalue weighted by atomic mass is 10.1. The molecular weight excluding hydrogens is 310 g/mol. The molecule has 0 saturated heterocycles. The van der Waals surface area contributed by atoms with Gasteiger partial charge in [-0.3, -0.25) is 10.1 Å². The number of nitro groups is 1. The molecule has 0 unspecified atom stereocenters. The van der Waals surface area contributed by atoms with Gasteiger partial charge >= 0.3 is 6.16 Å². The Kier molecular flexibility index (Phi) is 4.38. The Morgan fingerprint density at radius 1 is 0.958 bits per heavy atom. The fraction of sp³-hybridized carbons (Fsp3) is 0.0556. The van der Waals surface area contributed by atoms with E-state index in [-0.39, 0.29) is 18.0 Å². The van der Waals surface area contributed by atoms with Crippen LogP contribution in [0.3, 0.4) is 0 Å². The average Bonchev–Trinajstić information content (AvgIpc) is 2.60. The summed E-state index contributed by atoms with van der Waals surface area (Å²) in [5.41, 5.74) is 0.765. The number of ether oxygens (including phenoxy) is 2. The van der Waals surface area contributed by atoms with Gasteiger partial charge in [0, 0.05) is 12.1 Å². The molecule has 3 aromatic rings. The van der Waals surface area contributed by atoms with E-state index < -0.39 is 11.1 Å². The van der Waals surface area contributed by atoms with Crippen molar-refractivity contribution >= 4 is 22.6 Å². The molecule has 3 aromatic carbocycles. The van der Waals surface area contributed by atoms with Gasteiger partial charge in [0.1, 0.15) is 12.4 Å². The SMILES string of the molecule is O=C(OCc1ccc2ccccc2c1)Oc1ccc([N+](=O)[O-])cc1. The molecule has 0 heterocycles. The van der Waals surface area contributed by atoms with Gasteiger partial charge < -0.3 is 9.47 Å². The van der Waals surface area contributed by atoms with Crippen LogP contribution in [0.1, 0.15) is 5.56 Å². The second kappa shape index (κ2) is 6.78. The number of carbonyl (C=O) groups excluding carboxylic acids is 1. The van der Waals surface area contributed by atoms with E-state index in [0.29, 0.717) is 0 Å². The molecular formula is C18H13NO5. The number of carbonyl (C=O) groups is 1. The van der Waals surface area contributed by atoms with Crippen LogP contribution in [0.5, 0.6) is 5.75 Å². The van der Waals surface area contributed by atoms with E-state index >= 15 is 0 Å². The molecule has 0 aliphatic rings. The molecule has 0 radical (unpaired) electrons. The highest BCUT2D eigenvalue weighted by atomic mass is 16.7. The topological polar surface area (TPSA) is 78.7 Å². The quantitative estimate of drug-likeness (QED) is 0.306. The highest BCUT2D eigenvalue weighted by molar-refractivity contribution is 5.83. The minimum absolute atomic E-state index is 0.0770. The molecule has 24 heavy (non-hydrogen) atoms. The van der Waals surface area contributed by atoms with Crippen LogP contribution in [0.2, 0.25) is 0 Å². The van der Waals surface area contributed by atoms with E-state index in [2.05, 4.69) is 0 Å². The Labute approximate surface area is 137 Å². The molecule has 0 aliphatic carbocycles. The van der Waals surface area contributed by atoms with Crippen LogP contribution in [0.15, 0.2) is 66.7 Å². The van der Waals surface area contributed by atoms with E-state index in [4.69, 9.17) is 9.47 Å². The first-order valence-electron chi connectivity index (χ1n) is 7.18. The first-order valence-corrected chi connectivity index (χ1v) is 7.18. The van der Waals surface area contributed by atoms with Crippen molar-refractivity contribution in [2.45, 2.75) is 6.61 Å². The predicted octanol–water partition coefficient (Wildman–Crippen LogP) is 4.46. The number of hydrogen-bond acceptors (Lipinski definition) is 5. The third-order valence-electron chi connectivity index (χ3n) is 3.42. The maximum absolute atomic E-state index is 11.7. The lowest BCUT2D eigenvalue weighted by Gasteiger charge is -2.07. The Bertz CT molecular complexity index is 889. The lowest BCUT2D eigenvalue weighted by molar-refractivity contribution is -0.384. The summed E-state index contributed by atoms with van der Waals surface area (Å²) in [7, 11) is 0. The Hall–Kier alpha value is -3.41. The average molecular weight is 323 g/mol. The van der Waals surface area contributed by atoms with Gasteiger partial charge in [-0.1, -0.05) is 36.4 Å². The zero-order valence-corrected chi connectivity index (χ0v) is 12.5. The zero-order valence-electron chi connectivity index (χ0n) is 12.5. The van der Waals surface area contributed by atoms with Crippen molar-refractivity contribution in [3.05, 3.63) is 82.4 Å². The number of nitrogens with zero attached hydrogens (tertiary/aromatic N) is 1. The summed E-state index contributed by atoms with van der Waals surface area (Å²) in [5, 5.41) is 12.7. The van der Waals surface area contributed by atoms with Crippen LogP contribution in [0, 0.1) is 10.1 Å². The first kappa shape index (κ1) is 15.5. The summed E-state index contributed by atoms with van der Waals surface area (Å²) >= 11 is 0. The van der Waals surface area contributed by atoms with E-state index in [1.165, 1.54) is 24.3 Å². The second-order valence-electron chi connectivity index (χ2n) is 5.07. The third kappa shape index (κ3) is 3.67. The Balaban J connectivity index is 1.59. The fourth-order valence-electron chi connectivity index (χ4n) is 2.23. The zero-order chi connectivity index (χ0) is 16.9. The van der Waals surface area contributed by atoms with Gasteiger partial charge in [-0.2, -0.15) is 0 Å². The number of fused-ring (bicyclic) bond motifs is 1. The highest BCUT2D eigenvalue weighted by Crippen LogP contribution is 2.19. The van der Waals surface area contributed by atoms with E-state index in [0.717, 1.165) is 16.3 Å². The minimum Gasteiger partial charge on any atom is -0.429 e. The van der Waals surface area contributed by atoms with E-state index in [1.54, 1.807) is 0 Å². The normalized spacial score (nSPS) is 10.3. The fourth-order valence-corrected chi connectivity index (χ4v) is 2.23. The first-order chi connectivity index (χ1) is 11.6. The smallest absolute Gasteiger partial charge is 0.429 e. The molecule has 0 bridgehead atoms. The summed E-state index contributed by atoms with van der Waals surface area (Å²) in [5.74, 6) is 0.184. The Morgan fingerprint density at radius 2 is 1.67 bits per heavy atom. The summed E-state index contributed by atoms with van der Waals surface area (Å²) in [4.78, 5) is 21.7. The van der Waals surface area contributed by atoms with Crippen LogP contribution in [0.4, 0.5) is 10.5 Å². The standard InChI is InChI=1S/C18H13NO5/c20-18(24-17-9-7-16(8-10-17)19(21)22)23-12-13-5-6-14-3-1-2-4-15(14)11-13/h1-11H,12H2. The van der Waals surface area contributed by atoms with E-state index in [1.807, 2.05) is 42.5 Å². The molecule has 120 valence electrons. The number of nitro benzene ring substituents is 1. The van der Waals surface area contributed by atoms with Crippen molar-refractivity contribution in [1.29, 1.82) is 0 Å². The van der Waals surface area contributed by atoms with Gasteiger partial charge in [0.2, 0.25) is 0 Å².